The summed E-state index contributed by atoms with van der Waals surface area (Å²) in [4.78, 5) is 26.8. The Balaban J connectivity index is 2.39. The summed E-state index contributed by atoms with van der Waals surface area (Å²) < 4.78 is 26.0. The first-order valence-electron chi connectivity index (χ1n) is 9.33. The van der Waals surface area contributed by atoms with Crippen LogP contribution in [0, 0.1) is 6.92 Å². The number of carbonyl (C=O) groups excluding carboxylic acids is 2. The van der Waals surface area contributed by atoms with E-state index in [-0.39, 0.29) is 12.5 Å². The number of hydrogen-bond donors (Lipinski definition) is 1. The van der Waals surface area contributed by atoms with Crippen LogP contribution in [0.5, 0.6) is 0 Å². The van der Waals surface area contributed by atoms with Gasteiger partial charge in [0.05, 0.1) is 11.9 Å². The fourth-order valence-corrected chi connectivity index (χ4v) is 4.20. The molecule has 0 aromatic heterocycles. The Kier molecular flexibility index (Phi) is 7.86. The van der Waals surface area contributed by atoms with Gasteiger partial charge < -0.3 is 10.2 Å². The Labute approximate surface area is 182 Å². The van der Waals surface area contributed by atoms with Crippen LogP contribution in [0.2, 0.25) is 5.02 Å². The van der Waals surface area contributed by atoms with Gasteiger partial charge in [-0.2, -0.15) is 0 Å². The minimum absolute atomic E-state index is 0.172. The summed E-state index contributed by atoms with van der Waals surface area (Å²) in [5.74, 6) is -0.831. The first kappa shape index (κ1) is 23.7. The van der Waals surface area contributed by atoms with E-state index in [9.17, 15) is 18.0 Å². The Morgan fingerprint density at radius 3 is 2.30 bits per heavy atom. The number of carbonyl (C=O) groups is 2. The number of nitrogens with zero attached hydrogens (tertiary/aromatic N) is 2. The highest BCUT2D eigenvalue weighted by molar-refractivity contribution is 7.92. The lowest BCUT2D eigenvalue weighted by Crippen LogP contribution is -2.50. The molecule has 1 N–H and O–H groups in total. The molecule has 0 heterocycles. The van der Waals surface area contributed by atoms with E-state index in [4.69, 9.17) is 11.6 Å². The van der Waals surface area contributed by atoms with Crippen molar-refractivity contribution in [2.75, 3.05) is 24.2 Å². The van der Waals surface area contributed by atoms with E-state index in [2.05, 4.69) is 5.32 Å². The van der Waals surface area contributed by atoms with Gasteiger partial charge in [-0.1, -0.05) is 41.9 Å². The standard InChI is InChI=1S/C21H26ClN3O4S/c1-15-12-18(22)10-11-19(15)25(30(4,28)29)14-20(26)24(16(2)21(27)23-3)13-17-8-6-5-7-9-17/h5-12,16H,13-14H2,1-4H3,(H,23,27). The molecule has 2 aromatic carbocycles. The molecule has 1 unspecified atom stereocenters. The molecule has 0 fully saturated rings. The Morgan fingerprint density at radius 1 is 1.13 bits per heavy atom. The van der Waals surface area contributed by atoms with Gasteiger partial charge in [0, 0.05) is 18.6 Å². The number of hydrogen-bond acceptors (Lipinski definition) is 4. The third-order valence-corrected chi connectivity index (χ3v) is 6.08. The molecular formula is C21H26ClN3O4S. The lowest BCUT2D eigenvalue weighted by atomic mass is 10.1. The zero-order valence-electron chi connectivity index (χ0n) is 17.4. The highest BCUT2D eigenvalue weighted by Crippen LogP contribution is 2.26. The molecule has 2 rings (SSSR count). The summed E-state index contributed by atoms with van der Waals surface area (Å²) in [6, 6.07) is 13.2. The third-order valence-electron chi connectivity index (χ3n) is 4.72. The average Bonchev–Trinajstić information content (AvgIpc) is 2.69. The van der Waals surface area contributed by atoms with Crippen LogP contribution in [-0.4, -0.2) is 51.0 Å². The molecule has 1 atom stereocenters. The number of amides is 2. The van der Waals surface area contributed by atoms with Gasteiger partial charge in [0.2, 0.25) is 21.8 Å². The van der Waals surface area contributed by atoms with E-state index >= 15 is 0 Å². The number of anilines is 1. The molecule has 0 bridgehead atoms. The molecule has 0 saturated heterocycles. The SMILES string of the molecule is CNC(=O)C(C)N(Cc1ccccc1)C(=O)CN(c1ccc(Cl)cc1C)S(C)(=O)=O. The van der Waals surface area contributed by atoms with Crippen LogP contribution in [0.4, 0.5) is 5.69 Å². The summed E-state index contributed by atoms with van der Waals surface area (Å²) in [6.07, 6.45) is 1.04. The van der Waals surface area contributed by atoms with Crippen LogP contribution >= 0.6 is 11.6 Å². The second kappa shape index (κ2) is 9.95. The third kappa shape index (κ3) is 5.96. The predicted octanol–water partition coefficient (Wildman–Crippen LogP) is 2.58. The van der Waals surface area contributed by atoms with Crippen molar-refractivity contribution in [3.63, 3.8) is 0 Å². The Hall–Kier alpha value is -2.58. The van der Waals surface area contributed by atoms with Gasteiger partial charge in [0.1, 0.15) is 12.6 Å². The van der Waals surface area contributed by atoms with Gasteiger partial charge in [0.15, 0.2) is 0 Å². The zero-order chi connectivity index (χ0) is 22.5. The smallest absolute Gasteiger partial charge is 0.244 e. The van der Waals surface area contributed by atoms with E-state index in [1.807, 2.05) is 30.3 Å². The van der Waals surface area contributed by atoms with Gasteiger partial charge >= 0.3 is 0 Å². The maximum absolute atomic E-state index is 13.2. The fourth-order valence-electron chi connectivity index (χ4n) is 3.07. The molecule has 162 valence electrons. The fraction of sp³-hybridized carbons (Fsp3) is 0.333. The molecule has 7 nitrogen and oxygen atoms in total. The number of aryl methyl sites for hydroxylation is 1. The van der Waals surface area contributed by atoms with Crippen LogP contribution < -0.4 is 9.62 Å². The van der Waals surface area contributed by atoms with Gasteiger partial charge in [0.25, 0.3) is 0 Å². The monoisotopic (exact) mass is 451 g/mol. The summed E-state index contributed by atoms with van der Waals surface area (Å²) in [7, 11) is -2.27. The second-order valence-electron chi connectivity index (χ2n) is 7.00. The van der Waals surface area contributed by atoms with E-state index in [0.717, 1.165) is 16.1 Å². The number of rotatable bonds is 8. The van der Waals surface area contributed by atoms with E-state index < -0.39 is 28.5 Å². The molecule has 0 aliphatic rings. The maximum atomic E-state index is 13.2. The number of benzene rings is 2. The topological polar surface area (TPSA) is 86.8 Å². The molecule has 9 heteroatoms. The van der Waals surface area contributed by atoms with Gasteiger partial charge in [-0.05, 0) is 43.2 Å². The van der Waals surface area contributed by atoms with Crippen molar-refractivity contribution >= 4 is 39.1 Å². The van der Waals surface area contributed by atoms with Gasteiger partial charge in [-0.15, -0.1) is 0 Å². The van der Waals surface area contributed by atoms with Crippen molar-refractivity contribution in [1.82, 2.24) is 10.2 Å². The first-order valence-corrected chi connectivity index (χ1v) is 11.6. The van der Waals surface area contributed by atoms with Crippen molar-refractivity contribution in [2.24, 2.45) is 0 Å². The van der Waals surface area contributed by atoms with Crippen molar-refractivity contribution < 1.29 is 18.0 Å². The summed E-state index contributed by atoms with van der Waals surface area (Å²) in [5.41, 5.74) is 1.81. The molecule has 2 aromatic rings. The minimum Gasteiger partial charge on any atom is -0.357 e. The maximum Gasteiger partial charge on any atom is 0.244 e. The van der Waals surface area contributed by atoms with Crippen molar-refractivity contribution in [1.29, 1.82) is 0 Å². The molecule has 2 amide bonds. The van der Waals surface area contributed by atoms with Gasteiger partial charge in [-0.25, -0.2) is 8.42 Å². The van der Waals surface area contributed by atoms with Crippen LogP contribution in [0.3, 0.4) is 0 Å². The van der Waals surface area contributed by atoms with Crippen molar-refractivity contribution in [2.45, 2.75) is 26.4 Å². The minimum atomic E-state index is -3.76. The van der Waals surface area contributed by atoms with Crippen molar-refractivity contribution in [3.05, 3.63) is 64.7 Å². The van der Waals surface area contributed by atoms with Crippen LogP contribution in [0.1, 0.15) is 18.1 Å². The molecule has 0 radical (unpaired) electrons. The molecule has 0 saturated carbocycles. The van der Waals surface area contributed by atoms with Crippen LogP contribution in [0.25, 0.3) is 0 Å². The number of halogens is 1. The van der Waals surface area contributed by atoms with Crippen molar-refractivity contribution in [3.8, 4) is 0 Å². The molecule has 30 heavy (non-hydrogen) atoms. The summed E-state index contributed by atoms with van der Waals surface area (Å²) in [6.45, 7) is 3.07. The normalized spacial score (nSPS) is 12.2. The number of nitrogens with one attached hydrogen (secondary N) is 1. The van der Waals surface area contributed by atoms with E-state index in [1.165, 1.54) is 11.9 Å². The lowest BCUT2D eigenvalue weighted by molar-refractivity contribution is -0.139. The van der Waals surface area contributed by atoms with Crippen LogP contribution in [0.15, 0.2) is 48.5 Å². The molecular weight excluding hydrogens is 426 g/mol. The van der Waals surface area contributed by atoms with E-state index in [0.29, 0.717) is 16.3 Å². The second-order valence-corrected chi connectivity index (χ2v) is 9.34. The zero-order valence-corrected chi connectivity index (χ0v) is 19.0. The molecule has 0 aliphatic heterocycles. The number of sulfonamides is 1. The first-order chi connectivity index (χ1) is 14.0. The quantitative estimate of drug-likeness (QED) is 0.668. The summed E-state index contributed by atoms with van der Waals surface area (Å²) >= 11 is 5.99. The highest BCUT2D eigenvalue weighted by atomic mass is 35.5. The molecule has 0 spiro atoms. The Bertz CT molecular complexity index is 1010. The molecule has 0 aliphatic carbocycles. The van der Waals surface area contributed by atoms with E-state index in [1.54, 1.807) is 32.0 Å². The number of likely N-dealkylation sites (N-methyl/N-ethyl adjacent to an activating group) is 1. The van der Waals surface area contributed by atoms with Gasteiger partial charge in [-0.3, -0.25) is 13.9 Å². The average molecular weight is 452 g/mol. The largest absolute Gasteiger partial charge is 0.357 e. The summed E-state index contributed by atoms with van der Waals surface area (Å²) in [5, 5.41) is 3.00. The predicted molar refractivity (Wildman–Crippen MR) is 119 cm³/mol. The highest BCUT2D eigenvalue weighted by Gasteiger charge is 2.30. The Morgan fingerprint density at radius 2 is 1.77 bits per heavy atom. The van der Waals surface area contributed by atoms with Crippen LogP contribution in [-0.2, 0) is 26.2 Å². The lowest BCUT2D eigenvalue weighted by Gasteiger charge is -2.31.